The first-order chi connectivity index (χ1) is 11.4. The molecule has 1 atom stereocenters. The number of hydrogen-bond donors (Lipinski definition) is 0. The van der Waals surface area contributed by atoms with Gasteiger partial charge in [0.1, 0.15) is 5.60 Å². The molecule has 132 valence electrons. The Hall–Kier alpha value is -1.55. The fourth-order valence-corrected chi connectivity index (χ4v) is 4.03. The molecule has 1 amide bonds. The first-order valence-corrected chi connectivity index (χ1v) is 9.10. The summed E-state index contributed by atoms with van der Waals surface area (Å²) in [6.07, 6.45) is 3.33. The molecular weight excluding hydrogens is 300 g/mol. The summed E-state index contributed by atoms with van der Waals surface area (Å²) in [6, 6.07) is 10.7. The Morgan fingerprint density at radius 2 is 1.88 bits per heavy atom. The highest BCUT2D eigenvalue weighted by Gasteiger charge is 2.43. The molecular formula is C20H30N2O2. The maximum Gasteiger partial charge on any atom is 0.410 e. The zero-order valence-corrected chi connectivity index (χ0v) is 15.3. The van der Waals surface area contributed by atoms with Crippen LogP contribution in [0.1, 0.15) is 45.6 Å². The molecule has 24 heavy (non-hydrogen) atoms. The van der Waals surface area contributed by atoms with Gasteiger partial charge in [-0.05, 0) is 52.1 Å². The molecule has 1 aromatic rings. The smallest absolute Gasteiger partial charge is 0.410 e. The standard InChI is InChI=1S/C20H30N2O2/c1-19(2,3)24-18(23)22-12-7-10-20(16-22)11-13-21(15-20)14-17-8-5-4-6-9-17/h4-6,8-9H,7,10-16H2,1-3H3/t20-/m0/s1. The van der Waals surface area contributed by atoms with E-state index in [-0.39, 0.29) is 11.5 Å². The average molecular weight is 330 g/mol. The van der Waals surface area contributed by atoms with Crippen LogP contribution in [0.3, 0.4) is 0 Å². The molecule has 0 radical (unpaired) electrons. The summed E-state index contributed by atoms with van der Waals surface area (Å²) in [4.78, 5) is 16.9. The van der Waals surface area contributed by atoms with Gasteiger partial charge < -0.3 is 9.64 Å². The van der Waals surface area contributed by atoms with Gasteiger partial charge in [-0.3, -0.25) is 4.90 Å². The van der Waals surface area contributed by atoms with Crippen LogP contribution in [0.4, 0.5) is 4.79 Å². The fraction of sp³-hybridized carbons (Fsp3) is 0.650. The number of carbonyl (C=O) groups is 1. The van der Waals surface area contributed by atoms with E-state index in [9.17, 15) is 4.79 Å². The van der Waals surface area contributed by atoms with Gasteiger partial charge in [0.2, 0.25) is 0 Å². The number of piperidine rings is 1. The van der Waals surface area contributed by atoms with Crippen molar-refractivity contribution in [3.05, 3.63) is 35.9 Å². The summed E-state index contributed by atoms with van der Waals surface area (Å²) in [5, 5.41) is 0. The maximum absolute atomic E-state index is 12.4. The van der Waals surface area contributed by atoms with E-state index in [0.717, 1.165) is 39.1 Å². The summed E-state index contributed by atoms with van der Waals surface area (Å²) in [7, 11) is 0. The molecule has 3 rings (SSSR count). The Kier molecular flexibility index (Phi) is 4.86. The average Bonchev–Trinajstić information content (AvgIpc) is 2.89. The molecule has 2 heterocycles. The predicted octanol–water partition coefficient (Wildman–Crippen LogP) is 3.91. The minimum Gasteiger partial charge on any atom is -0.444 e. The molecule has 1 aromatic carbocycles. The fourth-order valence-electron chi connectivity index (χ4n) is 4.03. The van der Waals surface area contributed by atoms with Crippen LogP contribution >= 0.6 is 0 Å². The van der Waals surface area contributed by atoms with Crippen molar-refractivity contribution in [2.24, 2.45) is 5.41 Å². The van der Waals surface area contributed by atoms with E-state index in [1.54, 1.807) is 0 Å². The van der Waals surface area contributed by atoms with Gasteiger partial charge in [0.25, 0.3) is 0 Å². The molecule has 0 aliphatic carbocycles. The quantitative estimate of drug-likeness (QED) is 0.824. The second-order valence-corrected chi connectivity index (χ2v) is 8.45. The topological polar surface area (TPSA) is 32.8 Å². The zero-order chi connectivity index (χ0) is 17.2. The Morgan fingerprint density at radius 3 is 2.58 bits per heavy atom. The molecule has 2 saturated heterocycles. The minimum absolute atomic E-state index is 0.150. The number of hydrogen-bond acceptors (Lipinski definition) is 3. The van der Waals surface area contributed by atoms with Crippen molar-refractivity contribution in [3.63, 3.8) is 0 Å². The van der Waals surface area contributed by atoms with E-state index in [4.69, 9.17) is 4.74 Å². The first kappa shape index (κ1) is 17.3. The molecule has 4 heteroatoms. The Labute approximate surface area is 145 Å². The van der Waals surface area contributed by atoms with E-state index >= 15 is 0 Å². The Bertz CT molecular complexity index is 567. The monoisotopic (exact) mass is 330 g/mol. The van der Waals surface area contributed by atoms with Gasteiger partial charge in [-0.15, -0.1) is 0 Å². The molecule has 0 aromatic heterocycles. The summed E-state index contributed by atoms with van der Waals surface area (Å²) < 4.78 is 5.58. The second-order valence-electron chi connectivity index (χ2n) is 8.45. The number of nitrogens with zero attached hydrogens (tertiary/aromatic N) is 2. The molecule has 4 nitrogen and oxygen atoms in total. The lowest BCUT2D eigenvalue weighted by molar-refractivity contribution is 0.00532. The SMILES string of the molecule is CC(C)(C)OC(=O)N1CCC[C@@]2(CCN(Cc3ccccc3)C2)C1. The number of ether oxygens (including phenoxy) is 1. The van der Waals surface area contributed by atoms with Crippen LogP contribution in [0.2, 0.25) is 0 Å². The highest BCUT2D eigenvalue weighted by atomic mass is 16.6. The summed E-state index contributed by atoms with van der Waals surface area (Å²) in [6.45, 7) is 10.7. The molecule has 0 saturated carbocycles. The summed E-state index contributed by atoms with van der Waals surface area (Å²) in [5.74, 6) is 0. The van der Waals surface area contributed by atoms with Crippen LogP contribution in [0.5, 0.6) is 0 Å². The highest BCUT2D eigenvalue weighted by Crippen LogP contribution is 2.39. The number of likely N-dealkylation sites (tertiary alicyclic amines) is 2. The second kappa shape index (κ2) is 6.75. The van der Waals surface area contributed by atoms with Gasteiger partial charge in [0, 0.05) is 31.6 Å². The van der Waals surface area contributed by atoms with Gasteiger partial charge in [0.15, 0.2) is 0 Å². The van der Waals surface area contributed by atoms with Crippen molar-refractivity contribution in [2.45, 2.75) is 52.2 Å². The minimum atomic E-state index is -0.420. The van der Waals surface area contributed by atoms with Crippen molar-refractivity contribution in [2.75, 3.05) is 26.2 Å². The van der Waals surface area contributed by atoms with E-state index in [2.05, 4.69) is 35.2 Å². The van der Waals surface area contributed by atoms with Gasteiger partial charge in [-0.25, -0.2) is 4.79 Å². The third-order valence-electron chi connectivity index (χ3n) is 5.08. The summed E-state index contributed by atoms with van der Waals surface area (Å²) >= 11 is 0. The third kappa shape index (κ3) is 4.29. The first-order valence-electron chi connectivity index (χ1n) is 9.10. The molecule has 1 spiro atoms. The maximum atomic E-state index is 12.4. The molecule has 0 N–H and O–H groups in total. The highest BCUT2D eigenvalue weighted by molar-refractivity contribution is 5.68. The Balaban J connectivity index is 1.59. The predicted molar refractivity (Wildman–Crippen MR) is 95.8 cm³/mol. The van der Waals surface area contributed by atoms with Crippen molar-refractivity contribution in [1.82, 2.24) is 9.80 Å². The van der Waals surface area contributed by atoms with E-state index < -0.39 is 5.60 Å². The van der Waals surface area contributed by atoms with Crippen molar-refractivity contribution >= 4 is 6.09 Å². The molecule has 2 aliphatic rings. The molecule has 0 unspecified atom stereocenters. The number of carbonyl (C=O) groups excluding carboxylic acids is 1. The zero-order valence-electron chi connectivity index (χ0n) is 15.3. The van der Waals surface area contributed by atoms with Crippen molar-refractivity contribution in [3.8, 4) is 0 Å². The lowest BCUT2D eigenvalue weighted by Crippen LogP contribution is -2.48. The van der Waals surface area contributed by atoms with Crippen LogP contribution < -0.4 is 0 Å². The van der Waals surface area contributed by atoms with Crippen molar-refractivity contribution < 1.29 is 9.53 Å². The van der Waals surface area contributed by atoms with Gasteiger partial charge in [-0.2, -0.15) is 0 Å². The lowest BCUT2D eigenvalue weighted by atomic mass is 9.79. The van der Waals surface area contributed by atoms with E-state index in [1.807, 2.05) is 25.7 Å². The van der Waals surface area contributed by atoms with Gasteiger partial charge >= 0.3 is 6.09 Å². The normalized spacial score (nSPS) is 25.2. The van der Waals surface area contributed by atoms with Crippen molar-refractivity contribution in [1.29, 1.82) is 0 Å². The molecule has 2 fully saturated rings. The molecule has 2 aliphatic heterocycles. The number of benzene rings is 1. The number of amides is 1. The van der Waals surface area contributed by atoms with Gasteiger partial charge in [0.05, 0.1) is 0 Å². The van der Waals surface area contributed by atoms with E-state index in [1.165, 1.54) is 18.4 Å². The largest absolute Gasteiger partial charge is 0.444 e. The van der Waals surface area contributed by atoms with Crippen LogP contribution in [0.15, 0.2) is 30.3 Å². The van der Waals surface area contributed by atoms with Gasteiger partial charge in [-0.1, -0.05) is 30.3 Å². The Morgan fingerprint density at radius 1 is 1.12 bits per heavy atom. The van der Waals surface area contributed by atoms with Crippen LogP contribution in [-0.4, -0.2) is 47.7 Å². The van der Waals surface area contributed by atoms with E-state index in [0.29, 0.717) is 0 Å². The summed E-state index contributed by atoms with van der Waals surface area (Å²) in [5.41, 5.74) is 1.20. The lowest BCUT2D eigenvalue weighted by Gasteiger charge is -2.40. The van der Waals surface area contributed by atoms with Crippen LogP contribution in [-0.2, 0) is 11.3 Å². The van der Waals surface area contributed by atoms with Crippen LogP contribution in [0.25, 0.3) is 0 Å². The third-order valence-corrected chi connectivity index (χ3v) is 5.08. The molecule has 0 bridgehead atoms. The van der Waals surface area contributed by atoms with Crippen LogP contribution in [0, 0.1) is 5.41 Å². The number of rotatable bonds is 2.